The highest BCUT2D eigenvalue weighted by Gasteiger charge is 2.22. The molecule has 0 fully saturated rings. The molecule has 0 N–H and O–H groups in total. The molecule has 0 bridgehead atoms. The first-order chi connectivity index (χ1) is 16.9. The number of pyridine rings is 1. The molecule has 0 spiro atoms. The van der Waals surface area contributed by atoms with Gasteiger partial charge in [-0.25, -0.2) is 4.98 Å². The van der Waals surface area contributed by atoms with Crippen molar-refractivity contribution in [2.75, 3.05) is 0 Å². The summed E-state index contributed by atoms with van der Waals surface area (Å²) in [5.41, 5.74) is 2.43. The van der Waals surface area contributed by atoms with E-state index in [-0.39, 0.29) is 0 Å². The summed E-state index contributed by atoms with van der Waals surface area (Å²) in [5.74, 6) is 0.949. The first-order valence-corrected chi connectivity index (χ1v) is 12.3. The molecule has 34 heavy (non-hydrogen) atoms. The summed E-state index contributed by atoms with van der Waals surface area (Å²) < 4.78 is 5.05. The second kappa shape index (κ2) is 6.66. The number of benzene rings is 5. The minimum atomic E-state index is 0.949. The van der Waals surface area contributed by atoms with Gasteiger partial charge in [0.05, 0.1) is 11.0 Å². The van der Waals surface area contributed by atoms with Crippen molar-refractivity contribution in [3.8, 4) is 5.82 Å². The molecule has 0 atom stereocenters. The summed E-state index contributed by atoms with van der Waals surface area (Å²) in [7, 11) is 0. The van der Waals surface area contributed by atoms with Gasteiger partial charge < -0.3 is 0 Å². The number of hydrogen-bond acceptors (Lipinski definition) is 2. The van der Waals surface area contributed by atoms with Gasteiger partial charge >= 0.3 is 0 Å². The van der Waals surface area contributed by atoms with Crippen LogP contribution in [0.25, 0.3) is 69.3 Å². The molecule has 8 rings (SSSR count). The summed E-state index contributed by atoms with van der Waals surface area (Å²) in [6, 6.07) is 37.1. The fraction of sp³-hybridized carbons (Fsp3) is 0. The summed E-state index contributed by atoms with van der Waals surface area (Å²) in [4.78, 5) is 4.79. The summed E-state index contributed by atoms with van der Waals surface area (Å²) in [6.07, 6.45) is 1.88. The van der Waals surface area contributed by atoms with Gasteiger partial charge in [-0.15, -0.1) is 11.3 Å². The Morgan fingerprint density at radius 2 is 1.26 bits per heavy atom. The quantitative estimate of drug-likeness (QED) is 0.244. The standard InChI is InChI=1S/C31H18N2S/c1-2-10-20-19(9-1)16-17-24-28-29-27(21-11-3-4-12-22(21)31(28)34-30(20)24)23-13-5-6-14-25(23)33(29)26-15-7-8-18-32-26/h1-18H. The molecule has 0 aliphatic carbocycles. The van der Waals surface area contributed by atoms with Gasteiger partial charge in [-0.3, -0.25) is 4.57 Å². The maximum absolute atomic E-state index is 4.79. The van der Waals surface area contributed by atoms with E-state index < -0.39 is 0 Å². The average molecular weight is 451 g/mol. The van der Waals surface area contributed by atoms with Crippen molar-refractivity contribution in [1.29, 1.82) is 0 Å². The van der Waals surface area contributed by atoms with E-state index in [1.165, 1.54) is 63.5 Å². The van der Waals surface area contributed by atoms with E-state index in [1.54, 1.807) is 0 Å². The fourth-order valence-corrected chi connectivity index (χ4v) is 7.00. The van der Waals surface area contributed by atoms with E-state index in [9.17, 15) is 0 Å². The minimum absolute atomic E-state index is 0.949. The molecule has 0 radical (unpaired) electrons. The van der Waals surface area contributed by atoms with Crippen LogP contribution in [0.2, 0.25) is 0 Å². The average Bonchev–Trinajstić information content (AvgIpc) is 3.46. The van der Waals surface area contributed by atoms with Crippen LogP contribution in [0.1, 0.15) is 0 Å². The Kier molecular flexibility index (Phi) is 3.57. The van der Waals surface area contributed by atoms with Crippen molar-refractivity contribution < 1.29 is 0 Å². The van der Waals surface area contributed by atoms with Crippen molar-refractivity contribution in [2.45, 2.75) is 0 Å². The molecule has 0 amide bonds. The largest absolute Gasteiger partial charge is 0.293 e. The molecule has 158 valence electrons. The van der Waals surface area contributed by atoms with Crippen molar-refractivity contribution in [3.63, 3.8) is 0 Å². The minimum Gasteiger partial charge on any atom is -0.293 e. The molecule has 0 aliphatic rings. The lowest BCUT2D eigenvalue weighted by Gasteiger charge is -2.09. The smallest absolute Gasteiger partial charge is 0.137 e. The fourth-order valence-electron chi connectivity index (χ4n) is 5.62. The first-order valence-electron chi connectivity index (χ1n) is 11.5. The topological polar surface area (TPSA) is 17.8 Å². The second-order valence-corrected chi connectivity index (χ2v) is 9.80. The van der Waals surface area contributed by atoms with E-state index in [0.29, 0.717) is 0 Å². The molecule has 0 saturated carbocycles. The van der Waals surface area contributed by atoms with Crippen LogP contribution in [0.3, 0.4) is 0 Å². The Hall–Kier alpha value is -4.21. The summed E-state index contributed by atoms with van der Waals surface area (Å²) in [6.45, 7) is 0. The number of aromatic nitrogens is 2. The molecule has 0 aliphatic heterocycles. The normalized spacial score (nSPS) is 12.1. The van der Waals surface area contributed by atoms with Gasteiger partial charge in [0.2, 0.25) is 0 Å². The highest BCUT2D eigenvalue weighted by Crippen LogP contribution is 2.48. The highest BCUT2D eigenvalue weighted by molar-refractivity contribution is 7.27. The van der Waals surface area contributed by atoms with Crippen molar-refractivity contribution in [1.82, 2.24) is 9.55 Å². The molecule has 5 aromatic carbocycles. The number of fused-ring (bicyclic) bond motifs is 12. The number of para-hydroxylation sites is 1. The monoisotopic (exact) mass is 450 g/mol. The maximum atomic E-state index is 4.79. The Balaban J connectivity index is 1.76. The van der Waals surface area contributed by atoms with Crippen LogP contribution < -0.4 is 0 Å². The van der Waals surface area contributed by atoms with Gasteiger partial charge in [0, 0.05) is 42.5 Å². The lowest BCUT2D eigenvalue weighted by Crippen LogP contribution is -1.96. The van der Waals surface area contributed by atoms with Gasteiger partial charge in [0.25, 0.3) is 0 Å². The van der Waals surface area contributed by atoms with E-state index >= 15 is 0 Å². The Morgan fingerprint density at radius 1 is 0.529 bits per heavy atom. The third kappa shape index (κ3) is 2.27. The highest BCUT2D eigenvalue weighted by atomic mass is 32.1. The molecule has 3 heterocycles. The SMILES string of the molecule is c1ccc(-n2c3ccccc3c3c4ccccc4c4sc5c6ccccc6ccc5c4c32)nc1. The third-order valence-corrected chi connectivity index (χ3v) is 8.28. The Morgan fingerprint density at radius 3 is 2.12 bits per heavy atom. The molecule has 3 heteroatoms. The van der Waals surface area contributed by atoms with Crippen LogP contribution >= 0.6 is 11.3 Å². The lowest BCUT2D eigenvalue weighted by molar-refractivity contribution is 1.08. The van der Waals surface area contributed by atoms with Gasteiger partial charge in [-0.2, -0.15) is 0 Å². The Bertz CT molecular complexity index is 2060. The number of thiophene rings is 1. The lowest BCUT2D eigenvalue weighted by atomic mass is 9.99. The van der Waals surface area contributed by atoms with Crippen LogP contribution in [-0.2, 0) is 0 Å². The summed E-state index contributed by atoms with van der Waals surface area (Å²) >= 11 is 1.92. The molecule has 0 unspecified atom stereocenters. The summed E-state index contributed by atoms with van der Waals surface area (Å²) in [5, 5.41) is 10.4. The van der Waals surface area contributed by atoms with Crippen LogP contribution in [0, 0.1) is 0 Å². The Labute approximate surface area is 199 Å². The van der Waals surface area contributed by atoms with Gasteiger partial charge in [-0.05, 0) is 34.4 Å². The van der Waals surface area contributed by atoms with Gasteiger partial charge in [0.15, 0.2) is 0 Å². The van der Waals surface area contributed by atoms with Crippen molar-refractivity contribution in [3.05, 3.63) is 109 Å². The molecular weight excluding hydrogens is 432 g/mol. The molecule has 3 aromatic heterocycles. The maximum Gasteiger partial charge on any atom is 0.137 e. The van der Waals surface area contributed by atoms with Crippen molar-refractivity contribution in [2.24, 2.45) is 0 Å². The zero-order valence-corrected chi connectivity index (χ0v) is 19.0. The number of rotatable bonds is 1. The molecule has 8 aromatic rings. The zero-order valence-electron chi connectivity index (χ0n) is 18.2. The number of hydrogen-bond donors (Lipinski definition) is 0. The number of nitrogens with zero attached hydrogens (tertiary/aromatic N) is 2. The van der Waals surface area contributed by atoms with E-state index in [0.717, 1.165) is 5.82 Å². The van der Waals surface area contributed by atoms with Crippen LogP contribution in [-0.4, -0.2) is 9.55 Å². The van der Waals surface area contributed by atoms with Gasteiger partial charge in [0.1, 0.15) is 5.82 Å². The van der Waals surface area contributed by atoms with Gasteiger partial charge in [-0.1, -0.05) is 84.9 Å². The van der Waals surface area contributed by atoms with Crippen molar-refractivity contribution >= 4 is 74.9 Å². The van der Waals surface area contributed by atoms with E-state index in [2.05, 4.69) is 102 Å². The molecule has 0 saturated heterocycles. The third-order valence-electron chi connectivity index (χ3n) is 7.01. The van der Waals surface area contributed by atoms with E-state index in [4.69, 9.17) is 4.98 Å². The first kappa shape index (κ1) is 18.2. The molecule has 2 nitrogen and oxygen atoms in total. The zero-order chi connectivity index (χ0) is 22.2. The van der Waals surface area contributed by atoms with E-state index in [1.807, 2.05) is 23.6 Å². The van der Waals surface area contributed by atoms with Crippen LogP contribution in [0.5, 0.6) is 0 Å². The predicted molar refractivity (Wildman–Crippen MR) is 146 cm³/mol. The second-order valence-electron chi connectivity index (χ2n) is 8.78. The molecular formula is C31H18N2S. The van der Waals surface area contributed by atoms with Crippen LogP contribution in [0.4, 0.5) is 0 Å². The predicted octanol–water partition coefficient (Wildman–Crippen LogP) is 8.85. The van der Waals surface area contributed by atoms with Crippen LogP contribution in [0.15, 0.2) is 109 Å².